The van der Waals surface area contributed by atoms with Crippen molar-refractivity contribution >= 4 is 10.9 Å². The van der Waals surface area contributed by atoms with Gasteiger partial charge in [0.25, 0.3) is 0 Å². The van der Waals surface area contributed by atoms with E-state index in [-0.39, 0.29) is 11.1 Å². The zero-order chi connectivity index (χ0) is 30.2. The Bertz CT molecular complexity index is 1710. The van der Waals surface area contributed by atoms with Gasteiger partial charge in [-0.15, -0.1) is 0 Å². The quantitative estimate of drug-likeness (QED) is 0.139. The second kappa shape index (κ2) is 13.6. The van der Waals surface area contributed by atoms with E-state index >= 15 is 0 Å². The van der Waals surface area contributed by atoms with E-state index in [1.54, 1.807) is 36.4 Å². The van der Waals surface area contributed by atoms with Crippen LogP contribution in [0.4, 0.5) is 8.78 Å². The molecular weight excluding hydrogens is 550 g/mol. The van der Waals surface area contributed by atoms with Crippen molar-refractivity contribution in [3.8, 4) is 11.5 Å². The van der Waals surface area contributed by atoms with E-state index < -0.39 is 18.6 Å². The smallest absolute Gasteiger partial charge is 0.306 e. The third kappa shape index (κ3) is 7.66. The Morgan fingerprint density at radius 1 is 0.860 bits per heavy atom. The van der Waals surface area contributed by atoms with Gasteiger partial charge in [0.05, 0.1) is 11.6 Å². The number of aromatic nitrogens is 1. The molecule has 0 aliphatic carbocycles. The zero-order valence-electron chi connectivity index (χ0n) is 23.9. The number of aliphatic hydroxyl groups excluding tert-OH is 1. The maximum atomic E-state index is 14.5. The van der Waals surface area contributed by atoms with Crippen LogP contribution in [0, 0.1) is 6.92 Å². The average Bonchev–Trinajstić information content (AvgIpc) is 3.02. The standard InChI is InChI=1S/C35H34F2N2O4/c1-24-20-25(12-15-31(24)43-23-35(36,37)27-10-6-3-7-11-27)18-19-38-21-30(40)28-13-16-32(34-29(28)14-17-33(41)39-34)42-22-26-8-4-2-5-9-26/h2-17,20,30,38,40H,18-19,21-23H2,1H3,(H,39,41)/t30-/m0/s1. The molecule has 5 aromatic rings. The summed E-state index contributed by atoms with van der Waals surface area (Å²) in [5, 5.41) is 15.0. The molecular formula is C35H34F2N2O4. The summed E-state index contributed by atoms with van der Waals surface area (Å²) < 4.78 is 40.5. The van der Waals surface area contributed by atoms with Gasteiger partial charge in [0.2, 0.25) is 5.56 Å². The van der Waals surface area contributed by atoms with Gasteiger partial charge in [0.1, 0.15) is 18.1 Å². The summed E-state index contributed by atoms with van der Waals surface area (Å²) in [6, 6.07) is 29.6. The predicted molar refractivity (Wildman–Crippen MR) is 164 cm³/mol. The van der Waals surface area contributed by atoms with Crippen molar-refractivity contribution in [1.82, 2.24) is 10.3 Å². The van der Waals surface area contributed by atoms with E-state index in [1.165, 1.54) is 18.2 Å². The van der Waals surface area contributed by atoms with E-state index in [1.807, 2.05) is 55.5 Å². The highest BCUT2D eigenvalue weighted by Crippen LogP contribution is 2.31. The number of rotatable bonds is 13. The van der Waals surface area contributed by atoms with Crippen molar-refractivity contribution in [2.45, 2.75) is 32.0 Å². The van der Waals surface area contributed by atoms with Crippen molar-refractivity contribution < 1.29 is 23.4 Å². The highest BCUT2D eigenvalue weighted by molar-refractivity contribution is 5.87. The minimum absolute atomic E-state index is 0.0776. The zero-order valence-corrected chi connectivity index (χ0v) is 23.9. The van der Waals surface area contributed by atoms with Gasteiger partial charge >= 0.3 is 5.92 Å². The molecule has 8 heteroatoms. The van der Waals surface area contributed by atoms with Gasteiger partial charge in [-0.2, -0.15) is 8.78 Å². The van der Waals surface area contributed by atoms with Crippen LogP contribution < -0.4 is 20.3 Å². The number of aryl methyl sites for hydroxylation is 1. The molecule has 3 N–H and O–H groups in total. The van der Waals surface area contributed by atoms with Crippen molar-refractivity contribution in [1.29, 1.82) is 0 Å². The molecule has 1 aromatic heterocycles. The number of H-pyrrole nitrogens is 1. The number of pyridine rings is 1. The molecule has 0 aliphatic rings. The predicted octanol–water partition coefficient (Wildman–Crippen LogP) is 6.45. The van der Waals surface area contributed by atoms with Crippen molar-refractivity contribution in [2.24, 2.45) is 0 Å². The number of aromatic amines is 1. The lowest BCUT2D eigenvalue weighted by atomic mass is 10.0. The Labute approximate surface area is 248 Å². The summed E-state index contributed by atoms with van der Waals surface area (Å²) in [7, 11) is 0. The van der Waals surface area contributed by atoms with Crippen LogP contribution >= 0.6 is 0 Å². The van der Waals surface area contributed by atoms with Crippen LogP contribution in [0.2, 0.25) is 0 Å². The lowest BCUT2D eigenvalue weighted by molar-refractivity contribution is -0.0468. The van der Waals surface area contributed by atoms with E-state index in [2.05, 4.69) is 10.3 Å². The number of hydrogen-bond donors (Lipinski definition) is 3. The summed E-state index contributed by atoms with van der Waals surface area (Å²) in [6.07, 6.45) is -0.144. The monoisotopic (exact) mass is 584 g/mol. The van der Waals surface area contributed by atoms with Crippen molar-refractivity contribution in [2.75, 3.05) is 19.7 Å². The molecule has 5 rings (SSSR count). The number of halogens is 2. The fraction of sp³-hybridized carbons (Fsp3) is 0.229. The SMILES string of the molecule is Cc1cc(CCNC[C@H](O)c2ccc(OCc3ccccc3)c3[nH]c(=O)ccc23)ccc1OCC(F)(F)c1ccccc1. The second-order valence-corrected chi connectivity index (χ2v) is 10.5. The van der Waals surface area contributed by atoms with Crippen LogP contribution in [0.25, 0.3) is 10.9 Å². The van der Waals surface area contributed by atoms with E-state index in [9.17, 15) is 18.7 Å². The van der Waals surface area contributed by atoms with Crippen LogP contribution in [-0.4, -0.2) is 29.8 Å². The Morgan fingerprint density at radius 2 is 1.58 bits per heavy atom. The summed E-state index contributed by atoms with van der Waals surface area (Å²) in [5.74, 6) is -2.14. The highest BCUT2D eigenvalue weighted by atomic mass is 19.3. The third-order valence-electron chi connectivity index (χ3n) is 7.26. The van der Waals surface area contributed by atoms with Crippen LogP contribution in [0.5, 0.6) is 11.5 Å². The van der Waals surface area contributed by atoms with Gasteiger partial charge in [-0.1, -0.05) is 78.9 Å². The van der Waals surface area contributed by atoms with Crippen LogP contribution in [0.1, 0.15) is 33.9 Å². The molecule has 0 saturated heterocycles. The molecule has 0 spiro atoms. The molecule has 0 amide bonds. The van der Waals surface area contributed by atoms with E-state index in [0.29, 0.717) is 54.1 Å². The van der Waals surface area contributed by atoms with Gasteiger partial charge in [0.15, 0.2) is 6.61 Å². The first-order valence-electron chi connectivity index (χ1n) is 14.2. The minimum Gasteiger partial charge on any atom is -0.487 e. The van der Waals surface area contributed by atoms with Crippen LogP contribution in [0.3, 0.4) is 0 Å². The number of nitrogens with one attached hydrogen (secondary N) is 2. The molecule has 0 fully saturated rings. The topological polar surface area (TPSA) is 83.6 Å². The van der Waals surface area contributed by atoms with Gasteiger partial charge in [-0.25, -0.2) is 0 Å². The first-order valence-corrected chi connectivity index (χ1v) is 14.2. The highest BCUT2D eigenvalue weighted by Gasteiger charge is 2.32. The Balaban J connectivity index is 1.15. The number of benzene rings is 4. The van der Waals surface area contributed by atoms with Gasteiger partial charge in [-0.3, -0.25) is 4.79 Å². The summed E-state index contributed by atoms with van der Waals surface area (Å²) >= 11 is 0. The third-order valence-corrected chi connectivity index (χ3v) is 7.26. The van der Waals surface area contributed by atoms with E-state index in [0.717, 1.165) is 16.7 Å². The molecule has 43 heavy (non-hydrogen) atoms. The molecule has 6 nitrogen and oxygen atoms in total. The lowest BCUT2D eigenvalue weighted by Gasteiger charge is -2.19. The Kier molecular flexibility index (Phi) is 9.49. The molecule has 222 valence electrons. The normalized spacial score (nSPS) is 12.3. The van der Waals surface area contributed by atoms with Crippen molar-refractivity contribution in [3.63, 3.8) is 0 Å². The maximum absolute atomic E-state index is 14.5. The Morgan fingerprint density at radius 3 is 2.33 bits per heavy atom. The molecule has 0 saturated carbocycles. The fourth-order valence-electron chi connectivity index (χ4n) is 4.94. The summed E-state index contributed by atoms with van der Waals surface area (Å²) in [6.45, 7) is 2.34. The van der Waals surface area contributed by atoms with Gasteiger partial charge < -0.3 is 24.9 Å². The first-order chi connectivity index (χ1) is 20.8. The number of ether oxygens (including phenoxy) is 2. The number of alkyl halides is 2. The lowest BCUT2D eigenvalue weighted by Crippen LogP contribution is -2.24. The van der Waals surface area contributed by atoms with Crippen LogP contribution in [0.15, 0.2) is 108 Å². The van der Waals surface area contributed by atoms with Crippen LogP contribution in [-0.2, 0) is 19.0 Å². The molecule has 0 unspecified atom stereocenters. The van der Waals surface area contributed by atoms with Gasteiger partial charge in [0, 0.05) is 23.6 Å². The molecule has 0 bridgehead atoms. The molecule has 1 atom stereocenters. The average molecular weight is 585 g/mol. The molecule has 0 aliphatic heterocycles. The Hall–Kier alpha value is -4.53. The number of fused-ring (bicyclic) bond motifs is 1. The second-order valence-electron chi connectivity index (χ2n) is 10.5. The molecule has 0 radical (unpaired) electrons. The number of hydrogen-bond acceptors (Lipinski definition) is 5. The minimum atomic E-state index is -3.09. The largest absolute Gasteiger partial charge is 0.487 e. The van der Waals surface area contributed by atoms with E-state index in [4.69, 9.17) is 9.47 Å². The summed E-state index contributed by atoms with van der Waals surface area (Å²) in [5.41, 5.74) is 3.68. The van der Waals surface area contributed by atoms with Crippen molar-refractivity contribution in [3.05, 3.63) is 141 Å². The maximum Gasteiger partial charge on any atom is 0.306 e. The number of aliphatic hydroxyl groups is 1. The summed E-state index contributed by atoms with van der Waals surface area (Å²) in [4.78, 5) is 14.9. The fourth-order valence-corrected chi connectivity index (χ4v) is 4.94. The van der Waals surface area contributed by atoms with Gasteiger partial charge in [-0.05, 0) is 60.3 Å². The first kappa shape index (κ1) is 29.9. The molecule has 1 heterocycles. The molecule has 4 aromatic carbocycles.